The van der Waals surface area contributed by atoms with Gasteiger partial charge in [-0.3, -0.25) is 0 Å². The van der Waals surface area contributed by atoms with E-state index in [0.717, 1.165) is 22.0 Å². The summed E-state index contributed by atoms with van der Waals surface area (Å²) in [7, 11) is 0. The normalized spacial score (nSPS) is 15.2. The average Bonchev–Trinajstić information content (AvgIpc) is 2.68. The minimum atomic E-state index is 0.0892. The number of thiazole rings is 1. The molecule has 3 rings (SSSR count). The lowest BCUT2D eigenvalue weighted by Crippen LogP contribution is -2.15. The van der Waals surface area contributed by atoms with E-state index in [4.69, 9.17) is 9.47 Å². The standard InChI is InChI=1S/C13H15NO2S/c1-13(2,3)12-14-8-6-9-10(7-11(8)17-12)16-5-4-15-9/h6-7H,4-5H2,1-3H3. The summed E-state index contributed by atoms with van der Waals surface area (Å²) in [5.74, 6) is 1.65. The van der Waals surface area contributed by atoms with Crippen LogP contribution in [0.4, 0.5) is 0 Å². The van der Waals surface area contributed by atoms with Crippen LogP contribution in [-0.2, 0) is 5.41 Å². The van der Waals surface area contributed by atoms with Crippen molar-refractivity contribution in [2.75, 3.05) is 13.2 Å². The smallest absolute Gasteiger partial charge is 0.163 e. The molecule has 17 heavy (non-hydrogen) atoms. The largest absolute Gasteiger partial charge is 0.486 e. The topological polar surface area (TPSA) is 31.4 Å². The van der Waals surface area contributed by atoms with E-state index in [1.54, 1.807) is 11.3 Å². The molecule has 0 unspecified atom stereocenters. The number of hydrogen-bond donors (Lipinski definition) is 0. The molecule has 1 aromatic heterocycles. The molecule has 2 aromatic rings. The SMILES string of the molecule is CC(C)(C)c1nc2cc3c(cc2s1)OCCO3. The van der Waals surface area contributed by atoms with Gasteiger partial charge in [-0.05, 0) is 0 Å². The first-order chi connectivity index (χ1) is 8.04. The van der Waals surface area contributed by atoms with Gasteiger partial charge in [0, 0.05) is 17.5 Å². The summed E-state index contributed by atoms with van der Waals surface area (Å²) >= 11 is 1.73. The zero-order valence-corrected chi connectivity index (χ0v) is 11.1. The minimum absolute atomic E-state index is 0.0892. The molecule has 0 N–H and O–H groups in total. The van der Waals surface area contributed by atoms with Gasteiger partial charge in [0.1, 0.15) is 13.2 Å². The molecule has 1 aliphatic rings. The Labute approximate surface area is 104 Å². The maximum atomic E-state index is 5.58. The zero-order valence-electron chi connectivity index (χ0n) is 10.2. The second-order valence-corrected chi connectivity index (χ2v) is 6.26. The molecule has 0 saturated heterocycles. The predicted octanol–water partition coefficient (Wildman–Crippen LogP) is 3.37. The predicted molar refractivity (Wildman–Crippen MR) is 69.3 cm³/mol. The Hall–Kier alpha value is -1.29. The fourth-order valence-corrected chi connectivity index (χ4v) is 2.82. The van der Waals surface area contributed by atoms with Crippen LogP contribution >= 0.6 is 11.3 Å². The Bertz CT molecular complexity index is 526. The molecule has 0 aliphatic carbocycles. The van der Waals surface area contributed by atoms with Gasteiger partial charge in [-0.25, -0.2) is 4.98 Å². The fourth-order valence-electron chi connectivity index (χ4n) is 1.79. The van der Waals surface area contributed by atoms with E-state index in [9.17, 15) is 0 Å². The Morgan fingerprint density at radius 1 is 1.12 bits per heavy atom. The minimum Gasteiger partial charge on any atom is -0.486 e. The van der Waals surface area contributed by atoms with E-state index in [2.05, 4.69) is 25.8 Å². The van der Waals surface area contributed by atoms with Gasteiger partial charge in [0.05, 0.1) is 15.2 Å². The van der Waals surface area contributed by atoms with Crippen LogP contribution < -0.4 is 9.47 Å². The maximum Gasteiger partial charge on any atom is 0.163 e. The van der Waals surface area contributed by atoms with Crippen LogP contribution in [0.5, 0.6) is 11.5 Å². The summed E-state index contributed by atoms with van der Waals surface area (Å²) in [4.78, 5) is 4.68. The highest BCUT2D eigenvalue weighted by molar-refractivity contribution is 7.18. The van der Waals surface area contributed by atoms with Crippen molar-refractivity contribution in [1.29, 1.82) is 0 Å². The number of hydrogen-bond acceptors (Lipinski definition) is 4. The van der Waals surface area contributed by atoms with E-state index >= 15 is 0 Å². The molecule has 0 bridgehead atoms. The number of benzene rings is 1. The van der Waals surface area contributed by atoms with Crippen molar-refractivity contribution in [3.05, 3.63) is 17.1 Å². The van der Waals surface area contributed by atoms with Crippen molar-refractivity contribution in [3.8, 4) is 11.5 Å². The highest BCUT2D eigenvalue weighted by atomic mass is 32.1. The zero-order chi connectivity index (χ0) is 12.0. The first kappa shape index (κ1) is 10.8. The van der Waals surface area contributed by atoms with Crippen LogP contribution in [0.2, 0.25) is 0 Å². The van der Waals surface area contributed by atoms with Crippen molar-refractivity contribution >= 4 is 21.6 Å². The van der Waals surface area contributed by atoms with Crippen molar-refractivity contribution in [3.63, 3.8) is 0 Å². The Balaban J connectivity index is 2.16. The lowest BCUT2D eigenvalue weighted by molar-refractivity contribution is 0.172. The van der Waals surface area contributed by atoms with Gasteiger partial charge >= 0.3 is 0 Å². The Kier molecular flexibility index (Phi) is 2.30. The van der Waals surface area contributed by atoms with Gasteiger partial charge in [0.25, 0.3) is 0 Å². The summed E-state index contributed by atoms with van der Waals surface area (Å²) in [5, 5.41) is 1.15. The van der Waals surface area contributed by atoms with Crippen molar-refractivity contribution < 1.29 is 9.47 Å². The molecule has 0 saturated carbocycles. The summed E-state index contributed by atoms with van der Waals surface area (Å²) in [6.45, 7) is 7.78. The molecule has 4 heteroatoms. The monoisotopic (exact) mass is 249 g/mol. The third kappa shape index (κ3) is 1.86. The van der Waals surface area contributed by atoms with E-state index in [0.29, 0.717) is 13.2 Å². The molecular formula is C13H15NO2S. The number of fused-ring (bicyclic) bond motifs is 2. The Morgan fingerprint density at radius 2 is 1.76 bits per heavy atom. The third-order valence-corrected chi connectivity index (χ3v) is 4.14. The summed E-state index contributed by atoms with van der Waals surface area (Å²) in [6.07, 6.45) is 0. The van der Waals surface area contributed by atoms with Crippen molar-refractivity contribution in [1.82, 2.24) is 4.98 Å². The summed E-state index contributed by atoms with van der Waals surface area (Å²) < 4.78 is 12.3. The molecular weight excluding hydrogens is 234 g/mol. The van der Waals surface area contributed by atoms with Gasteiger partial charge in [0.15, 0.2) is 11.5 Å². The number of ether oxygens (including phenoxy) is 2. The van der Waals surface area contributed by atoms with E-state index in [1.165, 1.54) is 4.70 Å². The lowest BCUT2D eigenvalue weighted by Gasteiger charge is -2.17. The van der Waals surface area contributed by atoms with Crippen LogP contribution in [0, 0.1) is 0 Å². The van der Waals surface area contributed by atoms with Gasteiger partial charge in [-0.2, -0.15) is 0 Å². The summed E-state index contributed by atoms with van der Waals surface area (Å²) in [5.41, 5.74) is 1.09. The van der Waals surface area contributed by atoms with Gasteiger partial charge < -0.3 is 9.47 Å². The molecule has 90 valence electrons. The van der Waals surface area contributed by atoms with Crippen LogP contribution in [-0.4, -0.2) is 18.2 Å². The van der Waals surface area contributed by atoms with Gasteiger partial charge in [-0.1, -0.05) is 20.8 Å². The van der Waals surface area contributed by atoms with Crippen molar-refractivity contribution in [2.45, 2.75) is 26.2 Å². The Morgan fingerprint density at radius 3 is 2.41 bits per heavy atom. The first-order valence-electron chi connectivity index (χ1n) is 5.75. The molecule has 0 fully saturated rings. The summed E-state index contributed by atoms with van der Waals surface area (Å²) in [6, 6.07) is 4.02. The third-order valence-electron chi connectivity index (χ3n) is 2.69. The molecule has 1 aliphatic heterocycles. The fraction of sp³-hybridized carbons (Fsp3) is 0.462. The molecule has 2 heterocycles. The molecule has 0 radical (unpaired) electrons. The van der Waals surface area contributed by atoms with Crippen LogP contribution in [0.25, 0.3) is 10.2 Å². The van der Waals surface area contributed by atoms with Gasteiger partial charge in [-0.15, -0.1) is 11.3 Å². The molecule has 0 atom stereocenters. The lowest BCUT2D eigenvalue weighted by atomic mass is 9.98. The highest BCUT2D eigenvalue weighted by Crippen LogP contribution is 2.38. The van der Waals surface area contributed by atoms with Crippen molar-refractivity contribution in [2.24, 2.45) is 0 Å². The highest BCUT2D eigenvalue weighted by Gasteiger charge is 2.21. The van der Waals surface area contributed by atoms with E-state index < -0.39 is 0 Å². The quantitative estimate of drug-likeness (QED) is 0.717. The van der Waals surface area contributed by atoms with Crippen LogP contribution in [0.1, 0.15) is 25.8 Å². The second kappa shape index (κ2) is 3.60. The molecule has 0 spiro atoms. The second-order valence-electron chi connectivity index (χ2n) is 5.23. The van der Waals surface area contributed by atoms with Crippen LogP contribution in [0.15, 0.2) is 12.1 Å². The van der Waals surface area contributed by atoms with E-state index in [-0.39, 0.29) is 5.41 Å². The van der Waals surface area contributed by atoms with Gasteiger partial charge in [0.2, 0.25) is 0 Å². The average molecular weight is 249 g/mol. The molecule has 3 nitrogen and oxygen atoms in total. The number of nitrogens with zero attached hydrogens (tertiary/aromatic N) is 1. The van der Waals surface area contributed by atoms with E-state index in [1.807, 2.05) is 12.1 Å². The maximum absolute atomic E-state index is 5.58. The molecule has 1 aromatic carbocycles. The number of rotatable bonds is 0. The van der Waals surface area contributed by atoms with Crippen LogP contribution in [0.3, 0.4) is 0 Å². The number of aromatic nitrogens is 1. The first-order valence-corrected chi connectivity index (χ1v) is 6.56. The molecule has 0 amide bonds.